The van der Waals surface area contributed by atoms with E-state index in [9.17, 15) is 21.6 Å². The largest absolute Gasteiger partial charge is 0.523 e. The molecule has 6 aromatic carbocycles. The second-order valence-electron chi connectivity index (χ2n) is 17.8. The molecule has 2 aliphatic rings. The molecule has 0 unspecified atom stereocenters. The van der Waals surface area contributed by atoms with Crippen molar-refractivity contribution < 1.29 is 73.1 Å². The minimum Gasteiger partial charge on any atom is -0.374 e. The fourth-order valence-electron chi connectivity index (χ4n) is 8.75. The Hall–Kier alpha value is -5.38. The number of alkyl halides is 3. The number of halogens is 3. The zero-order chi connectivity index (χ0) is 51.6. The summed E-state index contributed by atoms with van der Waals surface area (Å²) in [7, 11) is -4.56. The molecular formula is C57H61F3O13S. The van der Waals surface area contributed by atoms with Gasteiger partial charge in [0.25, 0.3) is 0 Å². The number of rotatable bonds is 26. The molecule has 2 fully saturated rings. The summed E-state index contributed by atoms with van der Waals surface area (Å²) in [5.74, 6) is -1.23. The summed E-state index contributed by atoms with van der Waals surface area (Å²) in [5.41, 5.74) is -0.717. The molecule has 10 atom stereocenters. The minimum atomic E-state index is -6.07. The Morgan fingerprint density at radius 1 is 0.405 bits per heavy atom. The van der Waals surface area contributed by atoms with Crippen LogP contribution in [-0.4, -0.2) is 96.2 Å². The molecule has 0 bridgehead atoms. The van der Waals surface area contributed by atoms with Gasteiger partial charge in [-0.2, -0.15) is 21.6 Å². The van der Waals surface area contributed by atoms with Crippen molar-refractivity contribution in [1.82, 2.24) is 0 Å². The lowest BCUT2D eigenvalue weighted by atomic mass is 9.89. The van der Waals surface area contributed by atoms with E-state index in [4.69, 9.17) is 51.6 Å². The van der Waals surface area contributed by atoms with Crippen molar-refractivity contribution in [2.45, 2.75) is 100 Å². The van der Waals surface area contributed by atoms with Crippen LogP contribution in [-0.2, 0) is 101 Å². The van der Waals surface area contributed by atoms with Crippen molar-refractivity contribution in [3.05, 3.63) is 215 Å². The second-order valence-corrected chi connectivity index (χ2v) is 19.4. The quantitative estimate of drug-likeness (QED) is 0.0377. The molecule has 6 aromatic rings. The highest BCUT2D eigenvalue weighted by Gasteiger charge is 2.54. The first-order valence-electron chi connectivity index (χ1n) is 24.3. The average Bonchev–Trinajstić information content (AvgIpc) is 3.43. The molecule has 74 heavy (non-hydrogen) atoms. The van der Waals surface area contributed by atoms with Crippen LogP contribution in [0, 0.1) is 5.92 Å². The number of hydrogen-bond donors (Lipinski definition) is 0. The summed E-state index contributed by atoms with van der Waals surface area (Å²) < 4.78 is 138. The summed E-state index contributed by atoms with van der Waals surface area (Å²) in [6, 6.07) is 56.5. The van der Waals surface area contributed by atoms with Gasteiger partial charge in [0.2, 0.25) is 0 Å². The molecule has 0 amide bonds. The first kappa shape index (κ1) is 54.9. The highest BCUT2D eigenvalue weighted by atomic mass is 32.2. The molecular weight excluding hydrogens is 982 g/mol. The summed E-state index contributed by atoms with van der Waals surface area (Å²) in [4.78, 5) is 0. The van der Waals surface area contributed by atoms with Gasteiger partial charge in [-0.05, 0) is 33.4 Å². The third kappa shape index (κ3) is 15.6. The molecule has 0 N–H and O–H groups in total. The van der Waals surface area contributed by atoms with Gasteiger partial charge < -0.3 is 47.4 Å². The molecule has 0 aliphatic carbocycles. The van der Waals surface area contributed by atoms with Gasteiger partial charge in [-0.3, -0.25) is 4.18 Å². The van der Waals surface area contributed by atoms with Crippen molar-refractivity contribution in [3.63, 3.8) is 0 Å². The third-order valence-electron chi connectivity index (χ3n) is 12.6. The van der Waals surface area contributed by atoms with Crippen molar-refractivity contribution in [2.24, 2.45) is 5.92 Å². The van der Waals surface area contributed by atoms with Crippen molar-refractivity contribution in [1.29, 1.82) is 0 Å². The standard InChI is InChI=1S/C57H61F3O13S/c1-63-55-54(69-37-46-30-18-7-19-31-46)52(67-35-44-26-14-5-15-27-44)51(66-34-43-24-12-4-13-25-43)49(73-55)40-70-56-53(68-36-45-28-16-6-17-29-45)50(65-33-42-22-10-3-11-23-42)47(38-71-74(61,62)57(58,59)60)48(72-56)39-64-32-41-20-8-2-9-21-41/h2-31,47-56H,32-40H2,1H3/t47-,48-,49-,50+,51-,52+,53-,54-,55+,56+/m1/s1. The molecule has 0 aromatic heterocycles. The Morgan fingerprint density at radius 3 is 1.16 bits per heavy atom. The lowest BCUT2D eigenvalue weighted by Gasteiger charge is -2.48. The summed E-state index contributed by atoms with van der Waals surface area (Å²) in [5, 5.41) is 0. The Morgan fingerprint density at radius 2 is 0.757 bits per heavy atom. The van der Waals surface area contributed by atoms with Gasteiger partial charge in [0, 0.05) is 13.0 Å². The van der Waals surface area contributed by atoms with Gasteiger partial charge in [-0.25, -0.2) is 0 Å². The number of hydrogen-bond acceptors (Lipinski definition) is 13. The molecule has 0 radical (unpaired) electrons. The predicted octanol–water partition coefficient (Wildman–Crippen LogP) is 9.73. The molecule has 13 nitrogen and oxygen atoms in total. The van der Waals surface area contributed by atoms with Crippen LogP contribution in [0.15, 0.2) is 182 Å². The van der Waals surface area contributed by atoms with E-state index in [-0.39, 0.29) is 52.9 Å². The highest BCUT2D eigenvalue weighted by Crippen LogP contribution is 2.37. The normalized spacial score (nSPS) is 24.4. The summed E-state index contributed by atoms with van der Waals surface area (Å²) in [6.07, 6.45) is -9.38. The Kier molecular flexibility index (Phi) is 20.3. The van der Waals surface area contributed by atoms with Crippen molar-refractivity contribution in [3.8, 4) is 0 Å². The maximum atomic E-state index is 13.9. The van der Waals surface area contributed by atoms with Crippen LogP contribution in [0.1, 0.15) is 33.4 Å². The predicted molar refractivity (Wildman–Crippen MR) is 266 cm³/mol. The van der Waals surface area contributed by atoms with Crippen LogP contribution in [0.25, 0.3) is 0 Å². The average molecular weight is 1040 g/mol. The maximum absolute atomic E-state index is 13.9. The van der Waals surface area contributed by atoms with Crippen LogP contribution >= 0.6 is 0 Å². The van der Waals surface area contributed by atoms with E-state index in [0.717, 1.165) is 33.4 Å². The number of ether oxygens (including phenoxy) is 10. The molecule has 2 saturated heterocycles. The molecule has 2 aliphatic heterocycles. The van der Waals surface area contributed by atoms with E-state index in [2.05, 4.69) is 0 Å². The van der Waals surface area contributed by atoms with Crippen LogP contribution in [0.4, 0.5) is 13.2 Å². The third-order valence-corrected chi connectivity index (χ3v) is 13.6. The summed E-state index contributed by atoms with van der Waals surface area (Å²) >= 11 is 0. The van der Waals surface area contributed by atoms with E-state index in [0.29, 0.717) is 0 Å². The zero-order valence-corrected chi connectivity index (χ0v) is 41.6. The Balaban J connectivity index is 1.15. The highest BCUT2D eigenvalue weighted by molar-refractivity contribution is 7.87. The van der Waals surface area contributed by atoms with E-state index in [1.807, 2.05) is 182 Å². The van der Waals surface area contributed by atoms with Gasteiger partial charge in [0.05, 0.1) is 71.7 Å². The molecule has 2 heterocycles. The zero-order valence-electron chi connectivity index (χ0n) is 40.8. The fourth-order valence-corrected chi connectivity index (χ4v) is 9.22. The minimum absolute atomic E-state index is 0.0200. The van der Waals surface area contributed by atoms with Crippen LogP contribution in [0.5, 0.6) is 0 Å². The van der Waals surface area contributed by atoms with Crippen LogP contribution in [0.2, 0.25) is 0 Å². The van der Waals surface area contributed by atoms with Gasteiger partial charge in [-0.1, -0.05) is 182 Å². The topological polar surface area (TPSA) is 136 Å². The van der Waals surface area contributed by atoms with Crippen LogP contribution < -0.4 is 0 Å². The van der Waals surface area contributed by atoms with Gasteiger partial charge in [0.15, 0.2) is 12.6 Å². The van der Waals surface area contributed by atoms with Crippen LogP contribution in [0.3, 0.4) is 0 Å². The first-order valence-corrected chi connectivity index (χ1v) is 25.8. The number of methoxy groups -OCH3 is 1. The molecule has 0 saturated carbocycles. The molecule has 394 valence electrons. The van der Waals surface area contributed by atoms with Gasteiger partial charge in [-0.15, -0.1) is 0 Å². The fraction of sp³-hybridized carbons (Fsp3) is 0.368. The van der Waals surface area contributed by atoms with E-state index < -0.39 is 83.5 Å². The van der Waals surface area contributed by atoms with E-state index >= 15 is 0 Å². The smallest absolute Gasteiger partial charge is 0.374 e. The van der Waals surface area contributed by atoms with Gasteiger partial charge >= 0.3 is 15.6 Å². The van der Waals surface area contributed by atoms with E-state index in [1.54, 1.807) is 0 Å². The molecule has 17 heteroatoms. The monoisotopic (exact) mass is 1040 g/mol. The van der Waals surface area contributed by atoms with Crippen molar-refractivity contribution in [2.75, 3.05) is 26.9 Å². The second kappa shape index (κ2) is 27.4. The SMILES string of the molecule is CO[C@H]1O[C@H](CO[C@H]2O[C@H](COCc3ccccc3)[C@@H](COS(=O)(=O)C(F)(F)F)[C@H](OCc3ccccc3)[C@H]2OCc2ccccc2)[C@@H](OCc2ccccc2)[C@H](OCc2ccccc2)[C@H]1OCc1ccccc1. The maximum Gasteiger partial charge on any atom is 0.523 e. The number of benzene rings is 6. The lowest BCUT2D eigenvalue weighted by Crippen LogP contribution is -2.63. The van der Waals surface area contributed by atoms with Crippen molar-refractivity contribution >= 4 is 10.1 Å². The summed E-state index contributed by atoms with van der Waals surface area (Å²) in [6.45, 7) is -0.910. The Labute approximate surface area is 430 Å². The Bertz CT molecular complexity index is 2630. The van der Waals surface area contributed by atoms with E-state index in [1.165, 1.54) is 7.11 Å². The molecule has 0 spiro atoms. The van der Waals surface area contributed by atoms with Gasteiger partial charge in [0.1, 0.15) is 30.5 Å². The lowest BCUT2D eigenvalue weighted by molar-refractivity contribution is -0.345. The molecule has 8 rings (SSSR count). The first-order chi connectivity index (χ1) is 36.0.